The van der Waals surface area contributed by atoms with E-state index in [-0.39, 0.29) is 6.04 Å². The van der Waals surface area contributed by atoms with Gasteiger partial charge in [-0.1, -0.05) is 27.7 Å². The highest BCUT2D eigenvalue weighted by atomic mass is 16.5. The molecule has 0 fully saturated rings. The maximum atomic E-state index is 5.53. The van der Waals surface area contributed by atoms with E-state index in [1.54, 1.807) is 0 Å². The van der Waals surface area contributed by atoms with Gasteiger partial charge in [0.1, 0.15) is 11.6 Å². The third-order valence-electron chi connectivity index (χ3n) is 3.03. The molecule has 0 saturated carbocycles. The summed E-state index contributed by atoms with van der Waals surface area (Å²) >= 11 is 0. The summed E-state index contributed by atoms with van der Waals surface area (Å²) in [6.45, 7) is 14.1. The Morgan fingerprint density at radius 2 is 1.89 bits per heavy atom. The first-order valence-corrected chi connectivity index (χ1v) is 7.13. The zero-order valence-corrected chi connectivity index (χ0v) is 13.0. The van der Waals surface area contributed by atoms with Crippen LogP contribution in [-0.2, 0) is 4.74 Å². The van der Waals surface area contributed by atoms with E-state index in [1.807, 2.05) is 19.9 Å². The number of aromatic nitrogens is 2. The fourth-order valence-electron chi connectivity index (χ4n) is 1.76. The van der Waals surface area contributed by atoms with Gasteiger partial charge in [0, 0.05) is 24.3 Å². The van der Waals surface area contributed by atoms with Crippen LogP contribution in [0, 0.1) is 12.8 Å². The molecule has 1 atom stereocenters. The summed E-state index contributed by atoms with van der Waals surface area (Å²) < 4.78 is 5.53. The van der Waals surface area contributed by atoms with Gasteiger partial charge in [0.15, 0.2) is 0 Å². The third-order valence-corrected chi connectivity index (χ3v) is 3.03. The molecule has 108 valence electrons. The highest BCUT2D eigenvalue weighted by Crippen LogP contribution is 2.16. The maximum absolute atomic E-state index is 5.53. The number of nitrogens with zero attached hydrogens (tertiary/aromatic N) is 2. The van der Waals surface area contributed by atoms with E-state index >= 15 is 0 Å². The number of rotatable bonds is 7. The van der Waals surface area contributed by atoms with E-state index in [2.05, 4.69) is 43.0 Å². The van der Waals surface area contributed by atoms with E-state index < -0.39 is 0 Å². The van der Waals surface area contributed by atoms with E-state index in [0.29, 0.717) is 18.4 Å². The summed E-state index contributed by atoms with van der Waals surface area (Å²) in [6.07, 6.45) is 0. The summed E-state index contributed by atoms with van der Waals surface area (Å²) in [5.74, 6) is 2.62. The molecule has 4 heteroatoms. The van der Waals surface area contributed by atoms with Gasteiger partial charge < -0.3 is 10.1 Å². The van der Waals surface area contributed by atoms with E-state index in [0.717, 1.165) is 23.9 Å². The molecule has 1 heterocycles. The Hall–Kier alpha value is -1.16. The quantitative estimate of drug-likeness (QED) is 0.821. The number of aryl methyl sites for hydroxylation is 1. The van der Waals surface area contributed by atoms with Gasteiger partial charge in [-0.2, -0.15) is 0 Å². The molecule has 1 aromatic rings. The zero-order valence-electron chi connectivity index (χ0n) is 13.0. The molecule has 19 heavy (non-hydrogen) atoms. The van der Waals surface area contributed by atoms with Crippen LogP contribution in [0.5, 0.6) is 0 Å². The fraction of sp³-hybridized carbons (Fsp3) is 0.733. The predicted molar refractivity (Wildman–Crippen MR) is 79.6 cm³/mol. The van der Waals surface area contributed by atoms with Crippen LogP contribution >= 0.6 is 0 Å². The lowest BCUT2D eigenvalue weighted by Gasteiger charge is -2.23. The summed E-state index contributed by atoms with van der Waals surface area (Å²) in [5, 5.41) is 3.47. The molecule has 1 aromatic heterocycles. The number of ether oxygens (including phenoxy) is 1. The van der Waals surface area contributed by atoms with Gasteiger partial charge >= 0.3 is 0 Å². The van der Waals surface area contributed by atoms with Gasteiger partial charge in [-0.05, 0) is 19.8 Å². The Morgan fingerprint density at radius 3 is 2.42 bits per heavy atom. The van der Waals surface area contributed by atoms with Gasteiger partial charge in [0.2, 0.25) is 0 Å². The second kappa shape index (κ2) is 7.43. The highest BCUT2D eigenvalue weighted by molar-refractivity contribution is 5.37. The number of anilines is 1. The van der Waals surface area contributed by atoms with Crippen LogP contribution in [0.2, 0.25) is 0 Å². The first-order valence-electron chi connectivity index (χ1n) is 7.13. The molecule has 0 radical (unpaired) electrons. The lowest BCUT2D eigenvalue weighted by atomic mass is 10.1. The van der Waals surface area contributed by atoms with Crippen molar-refractivity contribution in [1.29, 1.82) is 0 Å². The largest absolute Gasteiger partial charge is 0.380 e. The molecule has 0 spiro atoms. The summed E-state index contributed by atoms with van der Waals surface area (Å²) in [7, 11) is 0. The molecule has 0 bridgehead atoms. The van der Waals surface area contributed by atoms with Crippen LogP contribution in [0.4, 0.5) is 5.82 Å². The summed E-state index contributed by atoms with van der Waals surface area (Å²) in [6, 6.07) is 2.27. The molecule has 4 nitrogen and oxygen atoms in total. The van der Waals surface area contributed by atoms with Crippen LogP contribution in [-0.4, -0.2) is 29.2 Å². The molecule has 0 aliphatic heterocycles. The lowest BCUT2D eigenvalue weighted by Crippen LogP contribution is -2.31. The zero-order chi connectivity index (χ0) is 14.4. The van der Waals surface area contributed by atoms with Crippen molar-refractivity contribution < 1.29 is 4.74 Å². The maximum Gasteiger partial charge on any atom is 0.133 e. The van der Waals surface area contributed by atoms with Crippen molar-refractivity contribution >= 4 is 5.82 Å². The summed E-state index contributed by atoms with van der Waals surface area (Å²) in [5.41, 5.74) is 1.00. The minimum atomic E-state index is 0.272. The van der Waals surface area contributed by atoms with Crippen molar-refractivity contribution in [3.05, 3.63) is 17.6 Å². The van der Waals surface area contributed by atoms with Gasteiger partial charge in [0.25, 0.3) is 0 Å². The standard InChI is InChI=1S/C15H27N3O/c1-7-19-9-13(10(2)3)17-14-8-12(6)16-15(18-14)11(4)5/h8,10-11,13H,7,9H2,1-6H3,(H,16,17,18). The van der Waals surface area contributed by atoms with Gasteiger partial charge in [-0.3, -0.25) is 0 Å². The molecule has 0 saturated heterocycles. The average Bonchev–Trinajstić information content (AvgIpc) is 2.33. The van der Waals surface area contributed by atoms with Crippen molar-refractivity contribution in [1.82, 2.24) is 9.97 Å². The van der Waals surface area contributed by atoms with E-state index in [9.17, 15) is 0 Å². The normalized spacial score (nSPS) is 13.1. The third kappa shape index (κ3) is 5.15. The summed E-state index contributed by atoms with van der Waals surface area (Å²) in [4.78, 5) is 9.05. The van der Waals surface area contributed by atoms with Crippen LogP contribution in [0.3, 0.4) is 0 Å². The van der Waals surface area contributed by atoms with Gasteiger partial charge in [0.05, 0.1) is 12.6 Å². The number of nitrogens with one attached hydrogen (secondary N) is 1. The van der Waals surface area contributed by atoms with Crippen molar-refractivity contribution in [2.75, 3.05) is 18.5 Å². The first-order chi connectivity index (χ1) is 8.93. The van der Waals surface area contributed by atoms with Gasteiger partial charge in [-0.15, -0.1) is 0 Å². The minimum Gasteiger partial charge on any atom is -0.380 e. The van der Waals surface area contributed by atoms with Crippen molar-refractivity contribution in [2.45, 2.75) is 53.5 Å². The van der Waals surface area contributed by atoms with Crippen molar-refractivity contribution in [3.63, 3.8) is 0 Å². The van der Waals surface area contributed by atoms with Crippen LogP contribution in [0.1, 0.15) is 52.1 Å². The van der Waals surface area contributed by atoms with Crippen molar-refractivity contribution in [2.24, 2.45) is 5.92 Å². The van der Waals surface area contributed by atoms with Gasteiger partial charge in [-0.25, -0.2) is 9.97 Å². The molecule has 0 amide bonds. The monoisotopic (exact) mass is 265 g/mol. The smallest absolute Gasteiger partial charge is 0.133 e. The Labute approximate surface area is 117 Å². The first kappa shape index (κ1) is 15.9. The molecule has 1 rings (SSSR count). The fourth-order valence-corrected chi connectivity index (χ4v) is 1.76. The average molecular weight is 265 g/mol. The Morgan fingerprint density at radius 1 is 1.21 bits per heavy atom. The Bertz CT molecular complexity index is 391. The number of hydrogen-bond acceptors (Lipinski definition) is 4. The van der Waals surface area contributed by atoms with Crippen LogP contribution in [0.25, 0.3) is 0 Å². The topological polar surface area (TPSA) is 47.0 Å². The molecule has 0 aromatic carbocycles. The van der Waals surface area contributed by atoms with E-state index in [1.165, 1.54) is 0 Å². The Kier molecular flexibility index (Phi) is 6.22. The Balaban J connectivity index is 2.83. The van der Waals surface area contributed by atoms with Crippen molar-refractivity contribution in [3.8, 4) is 0 Å². The second-order valence-corrected chi connectivity index (χ2v) is 5.56. The van der Waals surface area contributed by atoms with Crippen LogP contribution < -0.4 is 5.32 Å². The molecule has 0 aliphatic rings. The SMILES string of the molecule is CCOCC(Nc1cc(C)nc(C(C)C)n1)C(C)C. The lowest BCUT2D eigenvalue weighted by molar-refractivity contribution is 0.126. The molecule has 1 unspecified atom stereocenters. The van der Waals surface area contributed by atoms with Crippen LogP contribution in [0.15, 0.2) is 6.07 Å². The molecule has 1 N–H and O–H groups in total. The minimum absolute atomic E-state index is 0.272. The predicted octanol–water partition coefficient (Wildman–Crippen LogP) is 3.38. The molecule has 0 aliphatic carbocycles. The molecular formula is C15H27N3O. The second-order valence-electron chi connectivity index (χ2n) is 5.56. The number of hydrogen-bond donors (Lipinski definition) is 1. The van der Waals surface area contributed by atoms with E-state index in [4.69, 9.17) is 4.74 Å². The molecular weight excluding hydrogens is 238 g/mol. The highest BCUT2D eigenvalue weighted by Gasteiger charge is 2.15.